The number of ether oxygens (including phenoxy) is 1. The fourth-order valence-corrected chi connectivity index (χ4v) is 2.47. The van der Waals surface area contributed by atoms with Gasteiger partial charge >= 0.3 is 0 Å². The molecule has 0 saturated heterocycles. The van der Waals surface area contributed by atoms with Gasteiger partial charge in [0, 0.05) is 11.9 Å². The van der Waals surface area contributed by atoms with Crippen LogP contribution in [-0.4, -0.2) is 16.6 Å². The zero-order valence-corrected chi connectivity index (χ0v) is 11.1. The predicted molar refractivity (Wildman–Crippen MR) is 75.4 cm³/mol. The van der Waals surface area contributed by atoms with Crippen LogP contribution in [0.25, 0.3) is 0 Å². The minimum absolute atomic E-state index is 0.757. The highest BCUT2D eigenvalue weighted by Gasteiger charge is 2.19. The van der Waals surface area contributed by atoms with E-state index in [1.807, 2.05) is 6.20 Å². The van der Waals surface area contributed by atoms with Gasteiger partial charge in [0.1, 0.15) is 5.75 Å². The van der Waals surface area contributed by atoms with E-state index >= 15 is 0 Å². The first-order chi connectivity index (χ1) is 9.42. The standard InChI is InChI=1S/C16H20N2O/c1-4-13(5-1)14-6-2-8-16(10-14)19-9-3-7-15-11-17-12-18-15/h2,6,8,10-13H,1,3-5,7,9H2,(H,17,18). The Hall–Kier alpha value is -1.77. The number of aromatic amines is 1. The quantitative estimate of drug-likeness (QED) is 0.800. The van der Waals surface area contributed by atoms with Gasteiger partial charge in [0.05, 0.1) is 12.9 Å². The summed E-state index contributed by atoms with van der Waals surface area (Å²) in [5, 5.41) is 0. The fourth-order valence-electron chi connectivity index (χ4n) is 2.47. The zero-order chi connectivity index (χ0) is 12.9. The maximum absolute atomic E-state index is 5.83. The van der Waals surface area contributed by atoms with Gasteiger partial charge in [-0.3, -0.25) is 0 Å². The highest BCUT2D eigenvalue weighted by Crippen LogP contribution is 2.37. The number of hydrogen-bond acceptors (Lipinski definition) is 2. The van der Waals surface area contributed by atoms with Gasteiger partial charge in [0.15, 0.2) is 0 Å². The van der Waals surface area contributed by atoms with Crippen LogP contribution in [0.5, 0.6) is 5.75 Å². The fraction of sp³-hybridized carbons (Fsp3) is 0.438. The molecule has 1 N–H and O–H groups in total. The lowest BCUT2D eigenvalue weighted by molar-refractivity contribution is 0.309. The van der Waals surface area contributed by atoms with Crippen LogP contribution in [0.4, 0.5) is 0 Å². The van der Waals surface area contributed by atoms with Crippen LogP contribution in [-0.2, 0) is 6.42 Å². The molecule has 1 saturated carbocycles. The molecule has 3 heteroatoms. The van der Waals surface area contributed by atoms with Crippen LogP contribution in [0.1, 0.15) is 42.9 Å². The summed E-state index contributed by atoms with van der Waals surface area (Å²) in [6, 6.07) is 8.59. The van der Waals surface area contributed by atoms with Gasteiger partial charge in [-0.2, -0.15) is 0 Å². The molecule has 2 aromatic rings. The zero-order valence-electron chi connectivity index (χ0n) is 11.1. The van der Waals surface area contributed by atoms with Crippen molar-refractivity contribution in [3.05, 3.63) is 48.0 Å². The molecule has 0 aliphatic heterocycles. The Kier molecular flexibility index (Phi) is 3.82. The van der Waals surface area contributed by atoms with Crippen molar-refractivity contribution in [1.29, 1.82) is 0 Å². The number of nitrogens with one attached hydrogen (secondary N) is 1. The van der Waals surface area contributed by atoms with Gasteiger partial charge in [-0.15, -0.1) is 0 Å². The molecule has 0 bridgehead atoms. The molecule has 0 spiro atoms. The van der Waals surface area contributed by atoms with E-state index in [1.54, 1.807) is 6.33 Å². The molecule has 0 unspecified atom stereocenters. The highest BCUT2D eigenvalue weighted by atomic mass is 16.5. The number of H-pyrrole nitrogens is 1. The summed E-state index contributed by atoms with van der Waals surface area (Å²) in [7, 11) is 0. The molecule has 1 aliphatic rings. The van der Waals surface area contributed by atoms with Gasteiger partial charge in [0.2, 0.25) is 0 Å². The lowest BCUT2D eigenvalue weighted by atomic mass is 9.80. The summed E-state index contributed by atoms with van der Waals surface area (Å²) in [5.41, 5.74) is 2.61. The Morgan fingerprint density at radius 2 is 2.26 bits per heavy atom. The van der Waals surface area contributed by atoms with E-state index in [1.165, 1.54) is 30.5 Å². The smallest absolute Gasteiger partial charge is 0.119 e. The lowest BCUT2D eigenvalue weighted by Gasteiger charge is -2.26. The molecule has 1 aliphatic carbocycles. The molecule has 0 radical (unpaired) electrons. The average molecular weight is 256 g/mol. The second-order valence-electron chi connectivity index (χ2n) is 5.23. The first kappa shape index (κ1) is 12.3. The molecule has 0 atom stereocenters. The molecule has 0 amide bonds. The Morgan fingerprint density at radius 1 is 1.32 bits per heavy atom. The normalized spacial score (nSPS) is 15.2. The number of aryl methyl sites for hydroxylation is 1. The summed E-state index contributed by atoms with van der Waals surface area (Å²) in [5.74, 6) is 1.78. The van der Waals surface area contributed by atoms with Crippen molar-refractivity contribution in [1.82, 2.24) is 9.97 Å². The van der Waals surface area contributed by atoms with E-state index in [2.05, 4.69) is 34.2 Å². The Morgan fingerprint density at radius 3 is 3.00 bits per heavy atom. The van der Waals surface area contributed by atoms with Crippen LogP contribution >= 0.6 is 0 Å². The van der Waals surface area contributed by atoms with Crippen molar-refractivity contribution < 1.29 is 4.74 Å². The van der Waals surface area contributed by atoms with Gasteiger partial charge in [-0.05, 0) is 49.3 Å². The van der Waals surface area contributed by atoms with Crippen molar-refractivity contribution in [2.24, 2.45) is 0 Å². The van der Waals surface area contributed by atoms with Crippen LogP contribution in [0, 0.1) is 0 Å². The van der Waals surface area contributed by atoms with Crippen molar-refractivity contribution in [3.63, 3.8) is 0 Å². The van der Waals surface area contributed by atoms with Crippen LogP contribution in [0.2, 0.25) is 0 Å². The second-order valence-corrected chi connectivity index (χ2v) is 5.23. The molecule has 1 fully saturated rings. The topological polar surface area (TPSA) is 37.9 Å². The summed E-state index contributed by atoms with van der Waals surface area (Å²) >= 11 is 0. The summed E-state index contributed by atoms with van der Waals surface area (Å²) < 4.78 is 5.83. The number of nitrogens with zero attached hydrogens (tertiary/aromatic N) is 1. The maximum atomic E-state index is 5.83. The first-order valence-electron chi connectivity index (χ1n) is 7.12. The molecule has 3 rings (SSSR count). The third-order valence-corrected chi connectivity index (χ3v) is 3.85. The van der Waals surface area contributed by atoms with Gasteiger partial charge in [-0.1, -0.05) is 18.6 Å². The van der Waals surface area contributed by atoms with E-state index in [-0.39, 0.29) is 0 Å². The number of hydrogen-bond donors (Lipinski definition) is 1. The van der Waals surface area contributed by atoms with Gasteiger partial charge in [-0.25, -0.2) is 4.98 Å². The van der Waals surface area contributed by atoms with E-state index in [4.69, 9.17) is 4.74 Å². The summed E-state index contributed by atoms with van der Waals surface area (Å²) in [6.45, 7) is 0.757. The van der Waals surface area contributed by atoms with Gasteiger partial charge in [0.25, 0.3) is 0 Å². The maximum Gasteiger partial charge on any atom is 0.119 e. The number of imidazole rings is 1. The van der Waals surface area contributed by atoms with E-state index < -0.39 is 0 Å². The third kappa shape index (κ3) is 3.16. The second kappa shape index (κ2) is 5.91. The summed E-state index contributed by atoms with van der Waals surface area (Å²) in [6.07, 6.45) is 9.64. The molecule has 1 aromatic carbocycles. The average Bonchev–Trinajstić information content (AvgIpc) is 2.86. The monoisotopic (exact) mass is 256 g/mol. The Bertz CT molecular complexity index is 503. The number of aromatic nitrogens is 2. The molecule has 100 valence electrons. The minimum Gasteiger partial charge on any atom is -0.494 e. The third-order valence-electron chi connectivity index (χ3n) is 3.85. The predicted octanol–water partition coefficient (Wildman–Crippen LogP) is 3.69. The number of benzene rings is 1. The first-order valence-corrected chi connectivity index (χ1v) is 7.12. The molecule has 1 aromatic heterocycles. The SMILES string of the molecule is c1cc(OCCCc2cnc[nH]2)cc(C2CCC2)c1. The molecule has 19 heavy (non-hydrogen) atoms. The van der Waals surface area contributed by atoms with E-state index in [0.717, 1.165) is 31.1 Å². The van der Waals surface area contributed by atoms with Crippen LogP contribution < -0.4 is 4.74 Å². The van der Waals surface area contributed by atoms with Crippen molar-refractivity contribution in [3.8, 4) is 5.75 Å². The lowest BCUT2D eigenvalue weighted by Crippen LogP contribution is -2.08. The van der Waals surface area contributed by atoms with Crippen molar-refractivity contribution in [2.75, 3.05) is 6.61 Å². The number of rotatable bonds is 6. The molecule has 1 heterocycles. The summed E-state index contributed by atoms with van der Waals surface area (Å²) in [4.78, 5) is 7.12. The Labute approximate surface area is 114 Å². The van der Waals surface area contributed by atoms with Crippen molar-refractivity contribution >= 4 is 0 Å². The minimum atomic E-state index is 0.757. The molecule has 3 nitrogen and oxygen atoms in total. The highest BCUT2D eigenvalue weighted by molar-refractivity contribution is 5.31. The molecular formula is C16H20N2O. The Balaban J connectivity index is 1.46. The van der Waals surface area contributed by atoms with Crippen LogP contribution in [0.15, 0.2) is 36.8 Å². The van der Waals surface area contributed by atoms with E-state index in [9.17, 15) is 0 Å². The van der Waals surface area contributed by atoms with Crippen molar-refractivity contribution in [2.45, 2.75) is 38.0 Å². The van der Waals surface area contributed by atoms with E-state index in [0.29, 0.717) is 0 Å². The van der Waals surface area contributed by atoms with Crippen LogP contribution in [0.3, 0.4) is 0 Å². The van der Waals surface area contributed by atoms with Gasteiger partial charge < -0.3 is 9.72 Å². The largest absolute Gasteiger partial charge is 0.494 e. The molecular weight excluding hydrogens is 236 g/mol.